The van der Waals surface area contributed by atoms with Crippen molar-refractivity contribution in [2.75, 3.05) is 0 Å². The molecule has 2 aromatic carbocycles. The zero-order chi connectivity index (χ0) is 18.5. The van der Waals surface area contributed by atoms with Crippen LogP contribution in [0.2, 0.25) is 0 Å². The molecule has 0 unspecified atom stereocenters. The van der Waals surface area contributed by atoms with Crippen molar-refractivity contribution >= 4 is 10.8 Å². The highest BCUT2D eigenvalue weighted by molar-refractivity contribution is 5.85. The van der Waals surface area contributed by atoms with Gasteiger partial charge in [-0.1, -0.05) is 51.7 Å². The first-order chi connectivity index (χ1) is 12.6. The molecule has 3 rings (SSSR count). The molecule has 2 aromatic rings. The summed E-state index contributed by atoms with van der Waals surface area (Å²) < 4.78 is 29.6. The quantitative estimate of drug-likeness (QED) is 0.441. The van der Waals surface area contributed by atoms with Crippen LogP contribution in [0.25, 0.3) is 10.8 Å². The number of hydrogen-bond acceptors (Lipinski definition) is 0. The van der Waals surface area contributed by atoms with Gasteiger partial charge in [0, 0.05) is 5.39 Å². The summed E-state index contributed by atoms with van der Waals surface area (Å²) in [6.07, 6.45) is 11.1. The Kier molecular flexibility index (Phi) is 6.67. The van der Waals surface area contributed by atoms with Crippen LogP contribution in [0.5, 0.6) is 0 Å². The molecular weight excluding hydrogens is 326 g/mol. The molecule has 0 aromatic heterocycles. The van der Waals surface area contributed by atoms with Crippen LogP contribution in [0.4, 0.5) is 8.78 Å². The Morgan fingerprint density at radius 2 is 1.65 bits per heavy atom. The zero-order valence-corrected chi connectivity index (χ0v) is 16.3. The Morgan fingerprint density at radius 1 is 0.885 bits per heavy atom. The Hall–Kier alpha value is -1.44. The molecule has 0 N–H and O–H groups in total. The first kappa shape index (κ1) is 19.3. The summed E-state index contributed by atoms with van der Waals surface area (Å²) in [5.74, 6) is -0.311. The van der Waals surface area contributed by atoms with Crippen molar-refractivity contribution in [2.45, 2.75) is 84.0 Å². The third-order valence-corrected chi connectivity index (χ3v) is 6.16. The second kappa shape index (κ2) is 8.97. The number of halogens is 2. The van der Waals surface area contributed by atoms with Gasteiger partial charge in [0.2, 0.25) is 0 Å². The standard InChI is InChI=1S/C24H32F2/c1-3-5-6-8-18-11-14-20-16-22(24(26)23(25)21(20)15-18)19-12-9-17(7-4-2)10-13-19/h11,14-17,19H,3-10,12-13H2,1-2H3. The molecule has 1 fully saturated rings. The van der Waals surface area contributed by atoms with E-state index in [1.807, 2.05) is 18.2 Å². The minimum absolute atomic E-state index is 0.172. The summed E-state index contributed by atoms with van der Waals surface area (Å²) in [6.45, 7) is 4.40. The van der Waals surface area contributed by atoms with E-state index in [1.54, 1.807) is 0 Å². The Morgan fingerprint density at radius 3 is 2.35 bits per heavy atom. The molecule has 0 saturated heterocycles. The van der Waals surface area contributed by atoms with Crippen LogP contribution in [0, 0.1) is 17.6 Å². The average Bonchev–Trinajstić information content (AvgIpc) is 2.66. The summed E-state index contributed by atoms with van der Waals surface area (Å²) in [5.41, 5.74) is 1.71. The fourth-order valence-electron chi connectivity index (χ4n) is 4.60. The van der Waals surface area contributed by atoms with Crippen molar-refractivity contribution in [1.29, 1.82) is 0 Å². The van der Waals surface area contributed by atoms with E-state index in [-0.39, 0.29) is 5.92 Å². The van der Waals surface area contributed by atoms with Gasteiger partial charge in [-0.3, -0.25) is 0 Å². The number of rotatable bonds is 7. The predicted molar refractivity (Wildman–Crippen MR) is 107 cm³/mol. The van der Waals surface area contributed by atoms with Crippen LogP contribution in [0.1, 0.15) is 88.7 Å². The van der Waals surface area contributed by atoms with Crippen LogP contribution < -0.4 is 0 Å². The van der Waals surface area contributed by atoms with Crippen molar-refractivity contribution in [3.05, 3.63) is 47.0 Å². The molecule has 0 bridgehead atoms. The molecule has 1 saturated carbocycles. The van der Waals surface area contributed by atoms with E-state index in [9.17, 15) is 8.78 Å². The lowest BCUT2D eigenvalue weighted by molar-refractivity contribution is 0.303. The van der Waals surface area contributed by atoms with Gasteiger partial charge in [0.05, 0.1) is 0 Å². The van der Waals surface area contributed by atoms with Crippen LogP contribution >= 0.6 is 0 Å². The average molecular weight is 359 g/mol. The van der Waals surface area contributed by atoms with Crippen LogP contribution in [0.3, 0.4) is 0 Å². The number of benzene rings is 2. The van der Waals surface area contributed by atoms with Gasteiger partial charge in [-0.05, 0) is 79.0 Å². The van der Waals surface area contributed by atoms with Crippen molar-refractivity contribution in [1.82, 2.24) is 0 Å². The number of hydrogen-bond donors (Lipinski definition) is 0. The summed E-state index contributed by atoms with van der Waals surface area (Å²) >= 11 is 0. The van der Waals surface area contributed by atoms with Gasteiger partial charge in [-0.15, -0.1) is 0 Å². The lowest BCUT2D eigenvalue weighted by atomic mass is 9.76. The van der Waals surface area contributed by atoms with E-state index < -0.39 is 11.6 Å². The normalized spacial score (nSPS) is 20.6. The molecule has 0 aliphatic heterocycles. The van der Waals surface area contributed by atoms with Gasteiger partial charge in [0.25, 0.3) is 0 Å². The lowest BCUT2D eigenvalue weighted by Crippen LogP contribution is -2.14. The van der Waals surface area contributed by atoms with Crippen LogP contribution in [-0.4, -0.2) is 0 Å². The molecule has 1 aliphatic carbocycles. The van der Waals surface area contributed by atoms with Crippen molar-refractivity contribution in [2.24, 2.45) is 5.92 Å². The van der Waals surface area contributed by atoms with Crippen LogP contribution in [-0.2, 0) is 6.42 Å². The molecule has 142 valence electrons. The molecular formula is C24H32F2. The molecule has 1 aliphatic rings. The Balaban J connectivity index is 1.82. The highest BCUT2D eigenvalue weighted by atomic mass is 19.2. The minimum atomic E-state index is -0.648. The van der Waals surface area contributed by atoms with E-state index in [1.165, 1.54) is 25.7 Å². The summed E-state index contributed by atoms with van der Waals surface area (Å²) in [7, 11) is 0. The van der Waals surface area contributed by atoms with Gasteiger partial charge in [-0.2, -0.15) is 0 Å². The summed E-state index contributed by atoms with van der Waals surface area (Å²) in [4.78, 5) is 0. The summed E-state index contributed by atoms with van der Waals surface area (Å²) in [5, 5.41) is 1.29. The van der Waals surface area contributed by atoms with Gasteiger partial charge in [0.1, 0.15) is 0 Å². The van der Waals surface area contributed by atoms with Gasteiger partial charge < -0.3 is 0 Å². The number of aryl methyl sites for hydroxylation is 1. The van der Waals surface area contributed by atoms with E-state index in [0.717, 1.165) is 55.4 Å². The fraction of sp³-hybridized carbons (Fsp3) is 0.583. The minimum Gasteiger partial charge on any atom is -0.203 e. The first-order valence-corrected chi connectivity index (χ1v) is 10.5. The highest BCUT2D eigenvalue weighted by Gasteiger charge is 2.26. The first-order valence-electron chi connectivity index (χ1n) is 10.5. The van der Waals surface area contributed by atoms with E-state index >= 15 is 0 Å². The zero-order valence-electron chi connectivity index (χ0n) is 16.3. The van der Waals surface area contributed by atoms with E-state index in [0.29, 0.717) is 10.9 Å². The van der Waals surface area contributed by atoms with Gasteiger partial charge in [0.15, 0.2) is 11.6 Å². The van der Waals surface area contributed by atoms with Crippen molar-refractivity contribution < 1.29 is 8.78 Å². The van der Waals surface area contributed by atoms with E-state index in [2.05, 4.69) is 19.9 Å². The SMILES string of the molecule is CCCCCc1ccc2cc(C3CCC(CCC)CC3)c(F)c(F)c2c1. The molecule has 0 amide bonds. The lowest BCUT2D eigenvalue weighted by Gasteiger charge is -2.29. The fourth-order valence-corrected chi connectivity index (χ4v) is 4.60. The Labute approximate surface area is 157 Å². The third kappa shape index (κ3) is 4.27. The highest BCUT2D eigenvalue weighted by Crippen LogP contribution is 2.40. The number of unbranched alkanes of at least 4 members (excludes halogenated alkanes) is 2. The predicted octanol–water partition coefficient (Wildman–Crippen LogP) is 7.92. The second-order valence-electron chi connectivity index (χ2n) is 8.11. The number of fused-ring (bicyclic) bond motifs is 1. The maximum atomic E-state index is 14.8. The molecule has 0 radical (unpaired) electrons. The van der Waals surface area contributed by atoms with Gasteiger partial charge in [-0.25, -0.2) is 8.78 Å². The molecule has 0 atom stereocenters. The van der Waals surface area contributed by atoms with Crippen molar-refractivity contribution in [3.63, 3.8) is 0 Å². The third-order valence-electron chi connectivity index (χ3n) is 6.16. The van der Waals surface area contributed by atoms with Gasteiger partial charge >= 0.3 is 0 Å². The molecule has 0 nitrogen and oxygen atoms in total. The molecule has 0 spiro atoms. The molecule has 2 heteroatoms. The van der Waals surface area contributed by atoms with Crippen LogP contribution in [0.15, 0.2) is 24.3 Å². The molecule has 0 heterocycles. The monoisotopic (exact) mass is 358 g/mol. The molecule has 26 heavy (non-hydrogen) atoms. The topological polar surface area (TPSA) is 0 Å². The smallest absolute Gasteiger partial charge is 0.166 e. The maximum absolute atomic E-state index is 14.8. The van der Waals surface area contributed by atoms with Crippen molar-refractivity contribution in [3.8, 4) is 0 Å². The largest absolute Gasteiger partial charge is 0.203 e. The maximum Gasteiger partial charge on any atom is 0.166 e. The summed E-state index contributed by atoms with van der Waals surface area (Å²) in [6, 6.07) is 7.82. The van der Waals surface area contributed by atoms with E-state index in [4.69, 9.17) is 0 Å². The Bertz CT molecular complexity index is 727. The second-order valence-corrected chi connectivity index (χ2v) is 8.11.